The number of carbonyl (C=O) groups excluding carboxylic acids is 2. The van der Waals surface area contributed by atoms with E-state index in [1.54, 1.807) is 12.1 Å². The van der Waals surface area contributed by atoms with Gasteiger partial charge in [0.05, 0.1) is 23.4 Å². The summed E-state index contributed by atoms with van der Waals surface area (Å²) in [5, 5.41) is 3.54. The van der Waals surface area contributed by atoms with Gasteiger partial charge in [-0.05, 0) is 37.0 Å². The van der Waals surface area contributed by atoms with Crippen molar-refractivity contribution in [1.82, 2.24) is 14.8 Å². The Balaban J connectivity index is 1.65. The number of methoxy groups -OCH3 is 1. The SMILES string of the molecule is COc1cc(-n2cccc2)c(Cl)cc1C(=O)NC1CCN(C(=O)CC(C)C)CC1. The Morgan fingerprint density at radius 2 is 1.86 bits per heavy atom. The van der Waals surface area contributed by atoms with Crippen LogP contribution in [0.5, 0.6) is 5.75 Å². The maximum atomic E-state index is 12.9. The summed E-state index contributed by atoms with van der Waals surface area (Å²) in [6.07, 6.45) is 5.82. The van der Waals surface area contributed by atoms with Crippen molar-refractivity contribution >= 4 is 23.4 Å². The maximum Gasteiger partial charge on any atom is 0.255 e. The Morgan fingerprint density at radius 1 is 1.21 bits per heavy atom. The summed E-state index contributed by atoms with van der Waals surface area (Å²) < 4.78 is 7.32. The molecule has 0 bridgehead atoms. The smallest absolute Gasteiger partial charge is 0.255 e. The highest BCUT2D eigenvalue weighted by molar-refractivity contribution is 6.33. The van der Waals surface area contributed by atoms with E-state index in [0.29, 0.717) is 41.8 Å². The average Bonchev–Trinajstić information content (AvgIpc) is 3.22. The number of benzene rings is 1. The molecule has 0 atom stereocenters. The van der Waals surface area contributed by atoms with E-state index in [-0.39, 0.29) is 17.9 Å². The molecule has 1 aromatic heterocycles. The van der Waals surface area contributed by atoms with Gasteiger partial charge in [-0.25, -0.2) is 0 Å². The quantitative estimate of drug-likeness (QED) is 0.775. The third kappa shape index (κ3) is 5.12. The monoisotopic (exact) mass is 417 g/mol. The van der Waals surface area contributed by atoms with Crippen LogP contribution in [0.25, 0.3) is 5.69 Å². The minimum atomic E-state index is -0.213. The Kier molecular flexibility index (Phi) is 6.85. The van der Waals surface area contributed by atoms with Crippen molar-refractivity contribution in [3.8, 4) is 11.4 Å². The second kappa shape index (κ2) is 9.35. The first kappa shape index (κ1) is 21.2. The van der Waals surface area contributed by atoms with Crippen molar-refractivity contribution in [2.75, 3.05) is 20.2 Å². The summed E-state index contributed by atoms with van der Waals surface area (Å²) in [4.78, 5) is 27.0. The van der Waals surface area contributed by atoms with E-state index < -0.39 is 0 Å². The van der Waals surface area contributed by atoms with Crippen LogP contribution in [0.15, 0.2) is 36.7 Å². The van der Waals surface area contributed by atoms with Gasteiger partial charge < -0.3 is 19.5 Å². The average molecular weight is 418 g/mol. The van der Waals surface area contributed by atoms with E-state index in [4.69, 9.17) is 16.3 Å². The van der Waals surface area contributed by atoms with Crippen LogP contribution in [0.2, 0.25) is 5.02 Å². The number of rotatable bonds is 6. The molecule has 0 aliphatic carbocycles. The van der Waals surface area contributed by atoms with Gasteiger partial charge in [0.15, 0.2) is 0 Å². The lowest BCUT2D eigenvalue weighted by Gasteiger charge is -2.33. The van der Waals surface area contributed by atoms with E-state index in [2.05, 4.69) is 5.32 Å². The van der Waals surface area contributed by atoms with Crippen LogP contribution in [0.1, 0.15) is 43.5 Å². The lowest BCUT2D eigenvalue weighted by molar-refractivity contribution is -0.133. The topological polar surface area (TPSA) is 63.6 Å². The van der Waals surface area contributed by atoms with Crippen LogP contribution in [-0.4, -0.2) is 47.5 Å². The van der Waals surface area contributed by atoms with E-state index in [0.717, 1.165) is 18.5 Å². The molecule has 1 aliphatic heterocycles. The highest BCUT2D eigenvalue weighted by Gasteiger charge is 2.25. The highest BCUT2D eigenvalue weighted by Crippen LogP contribution is 2.30. The Hall–Kier alpha value is -2.47. The lowest BCUT2D eigenvalue weighted by atomic mass is 10.0. The molecule has 1 aromatic carbocycles. The number of aromatic nitrogens is 1. The van der Waals surface area contributed by atoms with E-state index >= 15 is 0 Å². The first-order chi connectivity index (χ1) is 13.9. The summed E-state index contributed by atoms with van der Waals surface area (Å²) in [7, 11) is 1.54. The number of likely N-dealkylation sites (tertiary alicyclic amines) is 1. The molecule has 2 amide bonds. The normalized spacial score (nSPS) is 14.9. The largest absolute Gasteiger partial charge is 0.496 e. The molecule has 1 aliphatic rings. The first-order valence-corrected chi connectivity index (χ1v) is 10.4. The molecule has 1 saturated heterocycles. The standard InChI is InChI=1S/C22H28ClN3O3/c1-15(2)12-21(27)26-10-6-16(7-11-26)24-22(28)17-13-18(23)19(14-20(17)29-3)25-8-4-5-9-25/h4-5,8-9,13-16H,6-7,10-12H2,1-3H3,(H,24,28). The summed E-state index contributed by atoms with van der Waals surface area (Å²) in [6.45, 7) is 5.43. The molecule has 1 N–H and O–H groups in total. The minimum Gasteiger partial charge on any atom is -0.496 e. The predicted molar refractivity (Wildman–Crippen MR) is 114 cm³/mol. The van der Waals surface area contributed by atoms with Crippen LogP contribution < -0.4 is 10.1 Å². The molecule has 0 unspecified atom stereocenters. The van der Waals surface area contributed by atoms with Crippen molar-refractivity contribution in [3.05, 3.63) is 47.2 Å². The maximum absolute atomic E-state index is 12.9. The number of nitrogens with zero attached hydrogens (tertiary/aromatic N) is 2. The van der Waals surface area contributed by atoms with Gasteiger partial charge in [0, 0.05) is 44.0 Å². The van der Waals surface area contributed by atoms with Gasteiger partial charge >= 0.3 is 0 Å². The fraction of sp³-hybridized carbons (Fsp3) is 0.455. The second-order valence-electron chi connectivity index (χ2n) is 7.82. The highest BCUT2D eigenvalue weighted by atomic mass is 35.5. The van der Waals surface area contributed by atoms with Gasteiger partial charge in [-0.15, -0.1) is 0 Å². The summed E-state index contributed by atoms with van der Waals surface area (Å²) in [5.41, 5.74) is 1.16. The molecular weight excluding hydrogens is 390 g/mol. The molecular formula is C22H28ClN3O3. The molecule has 29 heavy (non-hydrogen) atoms. The summed E-state index contributed by atoms with van der Waals surface area (Å²) in [5.74, 6) is 0.806. The summed E-state index contributed by atoms with van der Waals surface area (Å²) in [6, 6.07) is 7.25. The molecule has 0 saturated carbocycles. The zero-order valence-electron chi connectivity index (χ0n) is 17.2. The van der Waals surface area contributed by atoms with Gasteiger partial charge in [-0.1, -0.05) is 25.4 Å². The summed E-state index contributed by atoms with van der Waals surface area (Å²) >= 11 is 6.43. The molecule has 2 aromatic rings. The Labute approximate surface area is 176 Å². The second-order valence-corrected chi connectivity index (χ2v) is 8.23. The predicted octanol–water partition coefficient (Wildman–Crippen LogP) is 3.91. The Bertz CT molecular complexity index is 856. The van der Waals surface area contributed by atoms with Gasteiger partial charge in [-0.3, -0.25) is 9.59 Å². The van der Waals surface area contributed by atoms with Gasteiger partial charge in [0.2, 0.25) is 5.91 Å². The number of piperidine rings is 1. The van der Waals surface area contributed by atoms with Crippen LogP contribution in [0.4, 0.5) is 0 Å². The number of hydrogen-bond acceptors (Lipinski definition) is 3. The fourth-order valence-electron chi connectivity index (χ4n) is 3.60. The molecule has 3 rings (SSSR count). The van der Waals surface area contributed by atoms with Crippen molar-refractivity contribution in [2.45, 2.75) is 39.2 Å². The van der Waals surface area contributed by atoms with E-state index in [9.17, 15) is 9.59 Å². The van der Waals surface area contributed by atoms with Crippen molar-refractivity contribution in [1.29, 1.82) is 0 Å². The molecule has 2 heterocycles. The van der Waals surface area contributed by atoms with Gasteiger partial charge in [0.25, 0.3) is 5.91 Å². The van der Waals surface area contributed by atoms with Crippen molar-refractivity contribution < 1.29 is 14.3 Å². The number of ether oxygens (including phenoxy) is 1. The fourth-order valence-corrected chi connectivity index (χ4v) is 3.86. The lowest BCUT2D eigenvalue weighted by Crippen LogP contribution is -2.46. The molecule has 7 heteroatoms. The third-order valence-corrected chi connectivity index (χ3v) is 5.46. The van der Waals surface area contributed by atoms with Crippen molar-refractivity contribution in [3.63, 3.8) is 0 Å². The molecule has 0 radical (unpaired) electrons. The minimum absolute atomic E-state index is 0.0261. The molecule has 0 spiro atoms. The number of carbonyl (C=O) groups is 2. The van der Waals surface area contributed by atoms with Gasteiger partial charge in [-0.2, -0.15) is 0 Å². The van der Waals surface area contributed by atoms with E-state index in [1.165, 1.54) is 7.11 Å². The molecule has 6 nitrogen and oxygen atoms in total. The number of nitrogens with one attached hydrogen (secondary N) is 1. The molecule has 1 fully saturated rings. The van der Waals surface area contributed by atoms with Crippen LogP contribution in [0, 0.1) is 5.92 Å². The first-order valence-electron chi connectivity index (χ1n) is 9.98. The Morgan fingerprint density at radius 3 is 2.45 bits per heavy atom. The van der Waals surface area contributed by atoms with Gasteiger partial charge in [0.1, 0.15) is 5.75 Å². The van der Waals surface area contributed by atoms with E-state index in [1.807, 2.05) is 47.8 Å². The molecule has 156 valence electrons. The number of amides is 2. The number of hydrogen-bond donors (Lipinski definition) is 1. The van der Waals surface area contributed by atoms with Crippen LogP contribution in [0.3, 0.4) is 0 Å². The third-order valence-electron chi connectivity index (χ3n) is 5.16. The van der Waals surface area contributed by atoms with Crippen molar-refractivity contribution in [2.24, 2.45) is 5.92 Å². The number of halogens is 1. The zero-order chi connectivity index (χ0) is 21.0. The zero-order valence-corrected chi connectivity index (χ0v) is 17.9. The van der Waals surface area contributed by atoms with Crippen LogP contribution in [-0.2, 0) is 4.79 Å². The van der Waals surface area contributed by atoms with Crippen LogP contribution >= 0.6 is 11.6 Å².